The lowest BCUT2D eigenvalue weighted by atomic mass is 9.83. The van der Waals surface area contributed by atoms with Crippen LogP contribution in [0.2, 0.25) is 0 Å². The number of alkyl halides is 3. The number of sulfone groups is 1. The number of thioether (sulfide) groups is 1. The number of nitrogens with one attached hydrogen (secondary N) is 3. The van der Waals surface area contributed by atoms with Crippen molar-refractivity contribution in [1.82, 2.24) is 10.6 Å². The van der Waals surface area contributed by atoms with Gasteiger partial charge in [-0.05, 0) is 94.7 Å². The summed E-state index contributed by atoms with van der Waals surface area (Å²) in [6.45, 7) is 4.19. The zero-order valence-electron chi connectivity index (χ0n) is 25.2. The van der Waals surface area contributed by atoms with Gasteiger partial charge in [-0.25, -0.2) is 13.2 Å². The summed E-state index contributed by atoms with van der Waals surface area (Å²) >= 11 is 1.48. The molecule has 11 nitrogen and oxygen atoms in total. The van der Waals surface area contributed by atoms with Crippen LogP contribution in [0, 0.1) is 5.92 Å². The minimum atomic E-state index is -5.04. The van der Waals surface area contributed by atoms with Crippen molar-refractivity contribution in [3.8, 4) is 5.75 Å². The van der Waals surface area contributed by atoms with E-state index in [1.807, 2.05) is 6.26 Å². The summed E-state index contributed by atoms with van der Waals surface area (Å²) in [5, 5.41) is 7.38. The van der Waals surface area contributed by atoms with E-state index in [-0.39, 0.29) is 22.4 Å². The number of rotatable bonds is 10. The largest absolute Gasteiger partial charge is 0.573 e. The highest BCUT2D eigenvalue weighted by Gasteiger charge is 2.34. The molecule has 0 unspecified atom stereocenters. The van der Waals surface area contributed by atoms with Crippen LogP contribution in [0.4, 0.5) is 23.7 Å². The Bertz CT molecular complexity index is 1480. The summed E-state index contributed by atoms with van der Waals surface area (Å²) in [5.41, 5.74) is 4.60. The van der Waals surface area contributed by atoms with Crippen molar-refractivity contribution in [3.63, 3.8) is 0 Å². The number of amides is 3. The van der Waals surface area contributed by atoms with Gasteiger partial charge in [0, 0.05) is 17.0 Å². The van der Waals surface area contributed by atoms with Crippen molar-refractivity contribution in [2.45, 2.75) is 73.9 Å². The second-order valence-corrected chi connectivity index (χ2v) is 14.4. The van der Waals surface area contributed by atoms with E-state index in [1.165, 1.54) is 11.8 Å². The van der Waals surface area contributed by atoms with Crippen LogP contribution < -0.4 is 26.4 Å². The highest BCUT2D eigenvalue weighted by Crippen LogP contribution is 2.29. The van der Waals surface area contributed by atoms with Gasteiger partial charge in [0.25, 0.3) is 5.91 Å². The number of ether oxygens (including phenoxy) is 2. The lowest BCUT2D eigenvalue weighted by molar-refractivity contribution is -0.274. The zero-order valence-corrected chi connectivity index (χ0v) is 26.8. The molecule has 0 radical (unpaired) electrons. The molecular weight excluding hydrogens is 637 g/mol. The number of benzene rings is 2. The molecule has 2 aromatic carbocycles. The molecular formula is C29H37F3N4O7S2. The van der Waals surface area contributed by atoms with Gasteiger partial charge in [0.15, 0.2) is 9.84 Å². The molecule has 1 saturated carbocycles. The van der Waals surface area contributed by atoms with Crippen molar-refractivity contribution in [1.29, 1.82) is 0 Å². The maximum absolute atomic E-state index is 13.2. The molecule has 45 heavy (non-hydrogen) atoms. The minimum Gasteiger partial charge on any atom is -0.444 e. The summed E-state index contributed by atoms with van der Waals surface area (Å²) in [6.07, 6.45) is -2.80. The van der Waals surface area contributed by atoms with Gasteiger partial charge in [0.1, 0.15) is 11.4 Å². The third kappa shape index (κ3) is 11.4. The van der Waals surface area contributed by atoms with Crippen molar-refractivity contribution >= 4 is 45.2 Å². The number of hydrogen-bond acceptors (Lipinski definition) is 9. The fourth-order valence-corrected chi connectivity index (χ4v) is 6.86. The number of carbonyl (C=O) groups excluding carboxylic acids is 3. The Morgan fingerprint density at radius 3 is 2.31 bits per heavy atom. The molecule has 0 heterocycles. The molecule has 2 aromatic rings. The van der Waals surface area contributed by atoms with E-state index in [1.54, 1.807) is 45.0 Å². The van der Waals surface area contributed by atoms with Crippen LogP contribution in [0.15, 0.2) is 52.3 Å². The summed E-state index contributed by atoms with van der Waals surface area (Å²) in [6, 6.07) is 8.34. The number of anilines is 1. The Balaban J connectivity index is 1.71. The molecule has 16 heteroatoms. The van der Waals surface area contributed by atoms with E-state index in [0.29, 0.717) is 19.3 Å². The second-order valence-electron chi connectivity index (χ2n) is 11.5. The van der Waals surface area contributed by atoms with Crippen molar-refractivity contribution in [2.24, 2.45) is 11.7 Å². The first-order chi connectivity index (χ1) is 20.8. The molecule has 1 fully saturated rings. The third-order valence-corrected chi connectivity index (χ3v) is 9.35. The first-order valence-electron chi connectivity index (χ1n) is 13.9. The molecule has 1 aliphatic carbocycles. The van der Waals surface area contributed by atoms with Gasteiger partial charge >= 0.3 is 12.5 Å². The zero-order chi connectivity index (χ0) is 33.6. The highest BCUT2D eigenvalue weighted by molar-refractivity contribution is 7.98. The second kappa shape index (κ2) is 14.7. The Kier molecular flexibility index (Phi) is 11.8. The number of halogens is 3. The van der Waals surface area contributed by atoms with E-state index in [0.717, 1.165) is 23.1 Å². The lowest BCUT2D eigenvalue weighted by Gasteiger charge is -2.35. The van der Waals surface area contributed by atoms with Crippen LogP contribution in [0.3, 0.4) is 0 Å². The maximum atomic E-state index is 13.2. The molecule has 0 aliphatic heterocycles. The van der Waals surface area contributed by atoms with E-state index in [2.05, 4.69) is 20.7 Å². The molecule has 0 aromatic heterocycles. The van der Waals surface area contributed by atoms with Gasteiger partial charge in [0.2, 0.25) is 5.91 Å². The van der Waals surface area contributed by atoms with Crippen LogP contribution in [0.5, 0.6) is 5.75 Å². The maximum Gasteiger partial charge on any atom is 0.573 e. The molecule has 0 bridgehead atoms. The van der Waals surface area contributed by atoms with Crippen molar-refractivity contribution in [2.75, 3.05) is 23.9 Å². The Morgan fingerprint density at radius 1 is 1.04 bits per heavy atom. The van der Waals surface area contributed by atoms with E-state index in [4.69, 9.17) is 10.5 Å². The predicted octanol–water partition coefficient (Wildman–Crippen LogP) is 4.47. The monoisotopic (exact) mass is 674 g/mol. The Labute approximate surface area is 264 Å². The first kappa shape index (κ1) is 36.0. The van der Waals surface area contributed by atoms with Crippen LogP contribution in [0.1, 0.15) is 50.4 Å². The molecule has 5 N–H and O–H groups in total. The van der Waals surface area contributed by atoms with Crippen molar-refractivity contribution < 1.29 is 45.4 Å². The average molecular weight is 675 g/mol. The van der Waals surface area contributed by atoms with Crippen LogP contribution >= 0.6 is 11.8 Å². The number of carbonyl (C=O) groups is 3. The molecule has 3 rings (SSSR count). The smallest absolute Gasteiger partial charge is 0.444 e. The third-order valence-electron chi connectivity index (χ3n) is 6.75. The van der Waals surface area contributed by atoms with Crippen molar-refractivity contribution in [3.05, 3.63) is 48.0 Å². The summed E-state index contributed by atoms with van der Waals surface area (Å²) in [4.78, 5) is 39.3. The van der Waals surface area contributed by atoms with E-state index >= 15 is 0 Å². The lowest BCUT2D eigenvalue weighted by Crippen LogP contribution is -2.51. The predicted molar refractivity (Wildman–Crippen MR) is 163 cm³/mol. The summed E-state index contributed by atoms with van der Waals surface area (Å²) in [5.74, 6) is -3.05. The van der Waals surface area contributed by atoms with E-state index in [9.17, 15) is 36.0 Å². The standard InChI is InChI=1S/C29H37F3N4O7S2/c1-28(2,3)43-27(39)36-23-12-7-19(42-29(30,31)32)14-22(23)26(38)34-15-25(37)35-24-13-18(33)6-5-17(24)16-45(40,41)21-10-8-20(44-4)9-11-21/h7-12,14,17-18,24H,5-6,13,15-16,33H2,1-4H3,(H,34,38)(H,35,37)(H,36,39)/t17-,18+,24-/m0/s1. The summed E-state index contributed by atoms with van der Waals surface area (Å²) < 4.78 is 73.8. The molecule has 0 saturated heterocycles. The summed E-state index contributed by atoms with van der Waals surface area (Å²) in [7, 11) is -3.68. The molecule has 3 atom stereocenters. The van der Waals surface area contributed by atoms with Crippen LogP contribution in [-0.2, 0) is 19.4 Å². The average Bonchev–Trinajstić information content (AvgIpc) is 2.92. The molecule has 1 aliphatic rings. The number of nitrogens with two attached hydrogens (primary N) is 1. The molecule has 3 amide bonds. The van der Waals surface area contributed by atoms with E-state index < -0.39 is 69.5 Å². The van der Waals surface area contributed by atoms with Gasteiger partial charge in [-0.3, -0.25) is 14.9 Å². The van der Waals surface area contributed by atoms with Gasteiger partial charge in [-0.2, -0.15) is 0 Å². The normalized spacial score (nSPS) is 18.9. The van der Waals surface area contributed by atoms with Gasteiger partial charge in [-0.1, -0.05) is 0 Å². The van der Waals surface area contributed by atoms with Gasteiger partial charge in [-0.15, -0.1) is 24.9 Å². The first-order valence-corrected chi connectivity index (χ1v) is 16.8. The van der Waals surface area contributed by atoms with Crippen LogP contribution in [-0.4, -0.2) is 68.9 Å². The Hall–Kier alpha value is -3.50. The SMILES string of the molecule is CSc1ccc(S(=O)(=O)C[C@@H]2CC[C@@H](N)C[C@@H]2NC(=O)CNC(=O)c2cc(OC(F)(F)F)ccc2NC(=O)OC(C)(C)C)cc1. The highest BCUT2D eigenvalue weighted by atomic mass is 32.2. The minimum absolute atomic E-state index is 0.167. The quantitative estimate of drug-likeness (QED) is 0.266. The number of hydrogen-bond donors (Lipinski definition) is 4. The topological polar surface area (TPSA) is 166 Å². The molecule has 248 valence electrons. The van der Waals surface area contributed by atoms with Crippen LogP contribution in [0.25, 0.3) is 0 Å². The molecule has 0 spiro atoms. The fourth-order valence-electron chi connectivity index (χ4n) is 4.75. The Morgan fingerprint density at radius 2 is 1.71 bits per heavy atom. The van der Waals surface area contributed by atoms with Gasteiger partial charge < -0.3 is 25.8 Å². The fraction of sp³-hybridized carbons (Fsp3) is 0.483. The van der Waals surface area contributed by atoms with Gasteiger partial charge in [0.05, 0.1) is 28.4 Å².